The molecule has 2 N–H and O–H groups in total. The van der Waals surface area contributed by atoms with E-state index >= 15 is 0 Å². The first kappa shape index (κ1) is 14.6. The third-order valence-electron chi connectivity index (χ3n) is 2.32. The fourth-order valence-corrected chi connectivity index (χ4v) is 3.24. The molecule has 1 aromatic carbocycles. The van der Waals surface area contributed by atoms with E-state index in [4.69, 9.17) is 0 Å². The number of thiazole rings is 1. The van der Waals surface area contributed by atoms with Crippen LogP contribution < -0.4 is 10.6 Å². The fraction of sp³-hybridized carbons (Fsp3) is 0.143. The first-order chi connectivity index (χ1) is 9.67. The number of rotatable bonds is 5. The molecule has 2 rings (SSSR count). The average molecular weight is 305 g/mol. The lowest BCUT2D eigenvalue weighted by atomic mass is 10.3. The predicted molar refractivity (Wildman–Crippen MR) is 84.6 cm³/mol. The van der Waals surface area contributed by atoms with Crippen LogP contribution in [-0.2, 0) is 0 Å². The number of aromatic nitrogens is 1. The van der Waals surface area contributed by atoms with Gasteiger partial charge in [-0.3, -0.25) is 0 Å². The van der Waals surface area contributed by atoms with E-state index in [-0.39, 0.29) is 6.03 Å². The van der Waals surface area contributed by atoms with Gasteiger partial charge in [0.15, 0.2) is 4.34 Å². The van der Waals surface area contributed by atoms with Crippen molar-refractivity contribution in [3.63, 3.8) is 0 Å². The lowest BCUT2D eigenvalue weighted by molar-refractivity contribution is 0.253. The van der Waals surface area contributed by atoms with Crippen molar-refractivity contribution in [3.05, 3.63) is 48.0 Å². The second kappa shape index (κ2) is 7.12. The number of hydrogen-bond donors (Lipinski definition) is 2. The Morgan fingerprint density at radius 2 is 2.20 bits per heavy atom. The van der Waals surface area contributed by atoms with E-state index in [1.165, 1.54) is 0 Å². The van der Waals surface area contributed by atoms with Gasteiger partial charge in [-0.2, -0.15) is 0 Å². The van der Waals surface area contributed by atoms with Gasteiger partial charge in [0.05, 0.1) is 0 Å². The first-order valence-electron chi connectivity index (χ1n) is 6.03. The second-order valence-electron chi connectivity index (χ2n) is 4.00. The Labute approximate surface area is 126 Å². The van der Waals surface area contributed by atoms with Crippen molar-refractivity contribution in [2.75, 3.05) is 11.9 Å². The van der Waals surface area contributed by atoms with Crippen molar-refractivity contribution in [1.82, 2.24) is 10.3 Å². The third kappa shape index (κ3) is 4.40. The highest BCUT2D eigenvalue weighted by Crippen LogP contribution is 2.30. The summed E-state index contributed by atoms with van der Waals surface area (Å²) in [7, 11) is 0. The van der Waals surface area contributed by atoms with Crippen LogP contribution in [0.1, 0.15) is 5.69 Å². The number of amides is 2. The molecule has 20 heavy (non-hydrogen) atoms. The summed E-state index contributed by atoms with van der Waals surface area (Å²) >= 11 is 3.25. The Morgan fingerprint density at radius 1 is 1.45 bits per heavy atom. The standard InChI is InChI=1S/C14H15N3OS2/c1-3-8-15-13(18)17-11-4-6-12(7-5-11)20-14-16-10(2)9-19-14/h3-7,9H,1,8H2,2H3,(H2,15,17,18). The lowest BCUT2D eigenvalue weighted by Gasteiger charge is -2.06. The Balaban J connectivity index is 1.92. The van der Waals surface area contributed by atoms with Crippen molar-refractivity contribution in [1.29, 1.82) is 0 Å². The minimum Gasteiger partial charge on any atom is -0.334 e. The molecule has 2 amide bonds. The van der Waals surface area contributed by atoms with E-state index in [9.17, 15) is 4.79 Å². The van der Waals surface area contributed by atoms with Crippen LogP contribution in [-0.4, -0.2) is 17.6 Å². The van der Waals surface area contributed by atoms with Crippen molar-refractivity contribution >= 4 is 34.8 Å². The molecule has 0 spiro atoms. The summed E-state index contributed by atoms with van der Waals surface area (Å²) in [6.45, 7) is 5.97. The Bertz CT molecular complexity index is 593. The zero-order chi connectivity index (χ0) is 14.4. The maximum atomic E-state index is 11.5. The third-order valence-corrected chi connectivity index (χ3v) is 4.39. The molecule has 0 saturated heterocycles. The number of urea groups is 1. The number of carbonyl (C=O) groups is 1. The highest BCUT2D eigenvalue weighted by molar-refractivity contribution is 8.01. The molecule has 0 saturated carbocycles. The van der Waals surface area contributed by atoms with Crippen molar-refractivity contribution in [2.24, 2.45) is 0 Å². The van der Waals surface area contributed by atoms with Gasteiger partial charge >= 0.3 is 6.03 Å². The van der Waals surface area contributed by atoms with Gasteiger partial charge < -0.3 is 10.6 Å². The van der Waals surface area contributed by atoms with Gasteiger partial charge in [0.1, 0.15) is 0 Å². The molecule has 0 aliphatic carbocycles. The summed E-state index contributed by atoms with van der Waals surface area (Å²) in [5.74, 6) is 0. The largest absolute Gasteiger partial charge is 0.334 e. The van der Waals surface area contributed by atoms with Gasteiger partial charge in [0.25, 0.3) is 0 Å². The van der Waals surface area contributed by atoms with Crippen LogP contribution >= 0.6 is 23.1 Å². The van der Waals surface area contributed by atoms with Gasteiger partial charge in [-0.05, 0) is 31.2 Å². The number of anilines is 1. The van der Waals surface area contributed by atoms with Crippen molar-refractivity contribution < 1.29 is 4.79 Å². The van der Waals surface area contributed by atoms with Crippen LogP contribution in [0, 0.1) is 6.92 Å². The Kier molecular flexibility index (Phi) is 5.20. The number of carbonyl (C=O) groups excluding carboxylic acids is 1. The lowest BCUT2D eigenvalue weighted by Crippen LogP contribution is -2.28. The molecule has 0 fully saturated rings. The van der Waals surface area contributed by atoms with Crippen LogP contribution in [0.25, 0.3) is 0 Å². The highest BCUT2D eigenvalue weighted by Gasteiger charge is 2.03. The maximum absolute atomic E-state index is 11.5. The molecule has 0 aliphatic rings. The van der Waals surface area contributed by atoms with Gasteiger partial charge in [-0.1, -0.05) is 17.8 Å². The average Bonchev–Trinajstić information content (AvgIpc) is 2.84. The molecule has 1 heterocycles. The van der Waals surface area contributed by atoms with Gasteiger partial charge in [-0.15, -0.1) is 17.9 Å². The number of aryl methyl sites for hydroxylation is 1. The van der Waals surface area contributed by atoms with Gasteiger partial charge in [-0.25, -0.2) is 9.78 Å². The molecule has 0 unspecified atom stereocenters. The molecule has 1 aromatic heterocycles. The van der Waals surface area contributed by atoms with Crippen LogP contribution in [0.4, 0.5) is 10.5 Å². The van der Waals surface area contributed by atoms with Crippen LogP contribution in [0.2, 0.25) is 0 Å². The normalized spacial score (nSPS) is 10.1. The quantitative estimate of drug-likeness (QED) is 0.823. The smallest absolute Gasteiger partial charge is 0.319 e. The van der Waals surface area contributed by atoms with Crippen LogP contribution in [0.15, 0.2) is 51.5 Å². The van der Waals surface area contributed by atoms with E-state index in [1.807, 2.05) is 36.6 Å². The minimum atomic E-state index is -0.235. The molecule has 104 valence electrons. The molecule has 0 bridgehead atoms. The molecule has 0 radical (unpaired) electrons. The zero-order valence-electron chi connectivity index (χ0n) is 11.1. The van der Waals surface area contributed by atoms with Gasteiger partial charge in [0, 0.05) is 28.2 Å². The Hall–Kier alpha value is -1.79. The van der Waals surface area contributed by atoms with Gasteiger partial charge in [0.2, 0.25) is 0 Å². The van der Waals surface area contributed by atoms with Crippen molar-refractivity contribution in [3.8, 4) is 0 Å². The second-order valence-corrected chi connectivity index (χ2v) is 6.18. The molecular weight excluding hydrogens is 290 g/mol. The number of nitrogens with zero attached hydrogens (tertiary/aromatic N) is 1. The monoisotopic (exact) mass is 305 g/mol. The predicted octanol–water partition coefficient (Wildman–Crippen LogP) is 3.91. The first-order valence-corrected chi connectivity index (χ1v) is 7.73. The molecule has 6 heteroatoms. The number of hydrogen-bond acceptors (Lipinski definition) is 4. The maximum Gasteiger partial charge on any atom is 0.319 e. The summed E-state index contributed by atoms with van der Waals surface area (Å²) in [4.78, 5) is 17.0. The summed E-state index contributed by atoms with van der Waals surface area (Å²) < 4.78 is 1.02. The number of nitrogens with one attached hydrogen (secondary N) is 2. The SMILES string of the molecule is C=CCNC(=O)Nc1ccc(Sc2nc(C)cs2)cc1. The van der Waals surface area contributed by atoms with Crippen LogP contribution in [0.3, 0.4) is 0 Å². The summed E-state index contributed by atoms with van der Waals surface area (Å²) in [6, 6.07) is 7.43. The Morgan fingerprint density at radius 3 is 2.80 bits per heavy atom. The minimum absolute atomic E-state index is 0.235. The summed E-state index contributed by atoms with van der Waals surface area (Å²) in [5.41, 5.74) is 1.79. The topological polar surface area (TPSA) is 54.0 Å². The molecular formula is C14H15N3OS2. The van der Waals surface area contributed by atoms with Crippen molar-refractivity contribution in [2.45, 2.75) is 16.2 Å². The molecule has 2 aromatic rings. The zero-order valence-corrected chi connectivity index (χ0v) is 12.7. The molecule has 4 nitrogen and oxygen atoms in total. The van der Waals surface area contributed by atoms with E-state index in [0.717, 1.165) is 20.6 Å². The van der Waals surface area contributed by atoms with E-state index in [1.54, 1.807) is 29.2 Å². The molecule has 0 aliphatic heterocycles. The fourth-order valence-electron chi connectivity index (χ4n) is 1.43. The van der Waals surface area contributed by atoms with Crippen LogP contribution in [0.5, 0.6) is 0 Å². The highest BCUT2D eigenvalue weighted by atomic mass is 32.2. The summed E-state index contributed by atoms with van der Waals surface area (Å²) in [6.07, 6.45) is 1.63. The molecule has 0 atom stereocenters. The van der Waals surface area contributed by atoms with E-state index in [0.29, 0.717) is 6.54 Å². The van der Waals surface area contributed by atoms with E-state index in [2.05, 4.69) is 22.2 Å². The summed E-state index contributed by atoms with van der Waals surface area (Å²) in [5, 5.41) is 7.44. The van der Waals surface area contributed by atoms with E-state index < -0.39 is 0 Å². The number of benzene rings is 1.